The third kappa shape index (κ3) is 2.73. The van der Waals surface area contributed by atoms with Gasteiger partial charge in [0, 0.05) is 0 Å². The topological polar surface area (TPSA) is 76.9 Å². The molecule has 0 bridgehead atoms. The molecule has 2 heterocycles. The molecule has 21 heavy (non-hydrogen) atoms. The fraction of sp³-hybridized carbons (Fsp3) is 0.333. The molecule has 9 heteroatoms. The van der Waals surface area contributed by atoms with Crippen LogP contribution in [-0.4, -0.2) is 23.2 Å². The molecule has 1 aliphatic rings. The first-order valence-corrected chi connectivity index (χ1v) is 8.21. The lowest BCUT2D eigenvalue weighted by atomic mass is 9.93. The van der Waals surface area contributed by atoms with Crippen molar-refractivity contribution in [3.63, 3.8) is 0 Å². The number of hydrogen-bond acceptors (Lipinski definition) is 4. The van der Waals surface area contributed by atoms with Crippen molar-refractivity contribution in [1.29, 1.82) is 0 Å². The smallest absolute Gasteiger partial charge is 0.261 e. The maximum atomic E-state index is 12.9. The fourth-order valence-electron chi connectivity index (χ4n) is 2.09. The molecule has 1 aliphatic carbocycles. The van der Waals surface area contributed by atoms with Crippen LogP contribution in [0.1, 0.15) is 25.3 Å². The Labute approximate surface area is 126 Å². The second kappa shape index (κ2) is 5.27. The highest BCUT2D eigenvalue weighted by Crippen LogP contribution is 2.33. The van der Waals surface area contributed by atoms with Gasteiger partial charge in [-0.3, -0.25) is 4.72 Å². The van der Waals surface area contributed by atoms with E-state index in [1.807, 2.05) is 0 Å². The lowest BCUT2D eigenvalue weighted by Crippen LogP contribution is -2.25. The highest BCUT2D eigenvalue weighted by atomic mass is 35.5. The molecule has 0 atom stereocenters. The molecule has 1 N–H and O–H groups in total. The SMILES string of the molecule is O=S(=O)(Nc1ncc(F)cc1Cl)c1ccnn1C1CCC1. The van der Waals surface area contributed by atoms with Crippen molar-refractivity contribution in [3.8, 4) is 0 Å². The maximum Gasteiger partial charge on any atom is 0.280 e. The maximum absolute atomic E-state index is 12.9. The van der Waals surface area contributed by atoms with Crippen molar-refractivity contribution < 1.29 is 12.8 Å². The molecule has 0 amide bonds. The largest absolute Gasteiger partial charge is 0.280 e. The third-order valence-electron chi connectivity index (χ3n) is 3.37. The molecule has 0 unspecified atom stereocenters. The molecular weight excluding hydrogens is 319 g/mol. The van der Waals surface area contributed by atoms with Gasteiger partial charge in [-0.2, -0.15) is 13.5 Å². The quantitative estimate of drug-likeness (QED) is 0.934. The van der Waals surface area contributed by atoms with Crippen LogP contribution in [0.25, 0.3) is 0 Å². The fourth-order valence-corrected chi connectivity index (χ4v) is 3.55. The first-order valence-electron chi connectivity index (χ1n) is 6.35. The van der Waals surface area contributed by atoms with Gasteiger partial charge < -0.3 is 0 Å². The summed E-state index contributed by atoms with van der Waals surface area (Å²) in [6.45, 7) is 0. The van der Waals surface area contributed by atoms with Gasteiger partial charge in [-0.15, -0.1) is 0 Å². The van der Waals surface area contributed by atoms with E-state index in [1.54, 1.807) is 0 Å². The summed E-state index contributed by atoms with van der Waals surface area (Å²) >= 11 is 5.79. The van der Waals surface area contributed by atoms with Crippen molar-refractivity contribution >= 4 is 27.4 Å². The molecular formula is C12H12ClFN4O2S. The number of nitrogens with zero attached hydrogens (tertiary/aromatic N) is 3. The molecule has 6 nitrogen and oxygen atoms in total. The monoisotopic (exact) mass is 330 g/mol. The minimum atomic E-state index is -3.88. The van der Waals surface area contributed by atoms with E-state index in [2.05, 4.69) is 14.8 Å². The van der Waals surface area contributed by atoms with E-state index in [0.29, 0.717) is 0 Å². The molecule has 112 valence electrons. The summed E-state index contributed by atoms with van der Waals surface area (Å²) in [7, 11) is -3.88. The highest BCUT2D eigenvalue weighted by Gasteiger charge is 2.28. The van der Waals surface area contributed by atoms with Crippen LogP contribution in [0.2, 0.25) is 5.02 Å². The predicted octanol–water partition coefficient (Wildman–Crippen LogP) is 2.60. The van der Waals surface area contributed by atoms with Gasteiger partial charge in [0.2, 0.25) is 0 Å². The molecule has 0 saturated heterocycles. The number of sulfonamides is 1. The van der Waals surface area contributed by atoms with Gasteiger partial charge in [0.25, 0.3) is 10.0 Å². The van der Waals surface area contributed by atoms with Crippen molar-refractivity contribution in [3.05, 3.63) is 35.4 Å². The van der Waals surface area contributed by atoms with E-state index in [0.717, 1.165) is 31.5 Å². The molecule has 2 aromatic rings. The Morgan fingerprint density at radius 3 is 2.81 bits per heavy atom. The summed E-state index contributed by atoms with van der Waals surface area (Å²) in [6, 6.07) is 2.51. The number of aromatic nitrogens is 3. The van der Waals surface area contributed by atoms with Crippen LogP contribution >= 0.6 is 11.6 Å². The van der Waals surface area contributed by atoms with Gasteiger partial charge in [0.1, 0.15) is 5.82 Å². The summed E-state index contributed by atoms with van der Waals surface area (Å²) in [5, 5.41) is 4.01. The predicted molar refractivity (Wildman–Crippen MR) is 75.1 cm³/mol. The van der Waals surface area contributed by atoms with E-state index >= 15 is 0 Å². The zero-order valence-corrected chi connectivity index (χ0v) is 12.4. The number of hydrogen-bond donors (Lipinski definition) is 1. The van der Waals surface area contributed by atoms with E-state index in [4.69, 9.17) is 11.6 Å². The number of rotatable bonds is 4. The standard InChI is InChI=1S/C12H12ClFN4O2S/c13-10-6-8(14)7-15-12(10)17-21(19,20)11-4-5-16-18(11)9-2-1-3-9/h4-7,9H,1-3H2,(H,15,17). The Balaban J connectivity index is 1.92. The van der Waals surface area contributed by atoms with Crippen LogP contribution in [0.4, 0.5) is 10.2 Å². The summed E-state index contributed by atoms with van der Waals surface area (Å²) in [5.41, 5.74) is 0. The van der Waals surface area contributed by atoms with E-state index < -0.39 is 15.8 Å². The first kappa shape index (κ1) is 14.3. The molecule has 2 aromatic heterocycles. The molecule has 0 aliphatic heterocycles. The van der Waals surface area contributed by atoms with Crippen LogP contribution in [0.15, 0.2) is 29.6 Å². The Bertz CT molecular complexity index is 773. The van der Waals surface area contributed by atoms with Gasteiger partial charge in [-0.05, 0) is 31.4 Å². The summed E-state index contributed by atoms with van der Waals surface area (Å²) in [4.78, 5) is 3.65. The summed E-state index contributed by atoms with van der Waals surface area (Å²) in [6.07, 6.45) is 5.20. The normalized spacial score (nSPS) is 15.7. The van der Waals surface area contributed by atoms with Crippen LogP contribution in [0.5, 0.6) is 0 Å². The van der Waals surface area contributed by atoms with Crippen molar-refractivity contribution in [2.45, 2.75) is 30.3 Å². The first-order chi connectivity index (χ1) is 9.97. The van der Waals surface area contributed by atoms with Gasteiger partial charge in [0.05, 0.1) is 23.5 Å². The average Bonchev–Trinajstić information content (AvgIpc) is 2.80. The zero-order valence-electron chi connectivity index (χ0n) is 10.8. The Morgan fingerprint density at radius 1 is 1.43 bits per heavy atom. The van der Waals surface area contributed by atoms with Gasteiger partial charge >= 0.3 is 0 Å². The van der Waals surface area contributed by atoms with Crippen LogP contribution in [0, 0.1) is 5.82 Å². The second-order valence-corrected chi connectivity index (χ2v) is 6.82. The average molecular weight is 331 g/mol. The molecule has 3 rings (SSSR count). The lowest BCUT2D eigenvalue weighted by molar-refractivity contribution is 0.271. The zero-order chi connectivity index (χ0) is 15.0. The molecule has 0 spiro atoms. The number of anilines is 1. The van der Waals surface area contributed by atoms with E-state index in [-0.39, 0.29) is 21.9 Å². The lowest BCUT2D eigenvalue weighted by Gasteiger charge is -2.27. The highest BCUT2D eigenvalue weighted by molar-refractivity contribution is 7.92. The van der Waals surface area contributed by atoms with Crippen LogP contribution < -0.4 is 4.72 Å². The molecule has 0 aromatic carbocycles. The van der Waals surface area contributed by atoms with Crippen LogP contribution in [-0.2, 0) is 10.0 Å². The van der Waals surface area contributed by atoms with Crippen LogP contribution in [0.3, 0.4) is 0 Å². The summed E-state index contributed by atoms with van der Waals surface area (Å²) in [5.74, 6) is -0.748. The Hall–Kier alpha value is -1.67. The number of nitrogens with one attached hydrogen (secondary N) is 1. The number of halogens is 2. The van der Waals surface area contributed by atoms with Crippen molar-refractivity contribution in [2.24, 2.45) is 0 Å². The van der Waals surface area contributed by atoms with Gasteiger partial charge in [-0.25, -0.2) is 14.1 Å². The van der Waals surface area contributed by atoms with Crippen molar-refractivity contribution in [2.75, 3.05) is 4.72 Å². The van der Waals surface area contributed by atoms with Gasteiger partial charge in [0.15, 0.2) is 10.8 Å². The Morgan fingerprint density at radius 2 is 2.19 bits per heavy atom. The van der Waals surface area contributed by atoms with Crippen molar-refractivity contribution in [1.82, 2.24) is 14.8 Å². The minimum absolute atomic E-state index is 0.0504. The molecule has 1 saturated carbocycles. The van der Waals surface area contributed by atoms with E-state index in [1.165, 1.54) is 16.9 Å². The van der Waals surface area contributed by atoms with Gasteiger partial charge in [-0.1, -0.05) is 11.6 Å². The third-order valence-corrected chi connectivity index (χ3v) is 4.99. The van der Waals surface area contributed by atoms with E-state index in [9.17, 15) is 12.8 Å². The minimum Gasteiger partial charge on any atom is -0.261 e. The molecule has 1 fully saturated rings. The Kier molecular flexibility index (Phi) is 3.58. The molecule has 0 radical (unpaired) electrons. The number of pyridine rings is 1. The summed E-state index contributed by atoms with van der Waals surface area (Å²) < 4.78 is 41.5. The second-order valence-electron chi connectivity index (χ2n) is 4.79.